The van der Waals surface area contributed by atoms with Gasteiger partial charge in [0.1, 0.15) is 0 Å². The summed E-state index contributed by atoms with van der Waals surface area (Å²) in [4.78, 5) is 0.407. The Morgan fingerprint density at radius 2 is 1.94 bits per heavy atom. The first-order chi connectivity index (χ1) is 7.87. The second kappa shape index (κ2) is 4.55. The van der Waals surface area contributed by atoms with Crippen LogP contribution < -0.4 is 0 Å². The average molecular weight is 280 g/mol. The van der Waals surface area contributed by atoms with Crippen LogP contribution in [0.4, 0.5) is 8.78 Å². The normalized spacial score (nSPS) is 27.2. The Balaban J connectivity index is 2.14. The number of hydrogen-bond donors (Lipinski definition) is 1. The van der Waals surface area contributed by atoms with Crippen molar-refractivity contribution in [3.63, 3.8) is 0 Å². The van der Waals surface area contributed by atoms with Crippen molar-refractivity contribution in [3.8, 4) is 0 Å². The van der Waals surface area contributed by atoms with Gasteiger partial charge in [-0.2, -0.15) is 0 Å². The molecular weight excluding hydrogens is 270 g/mol. The predicted octanol–water partition coefficient (Wildman–Crippen LogP) is 1.21. The minimum atomic E-state index is -3.22. The lowest BCUT2D eigenvalue weighted by Crippen LogP contribution is -2.19. The molecule has 1 N–H and O–H groups in total. The topological polar surface area (TPSA) is 54.4 Å². The molecule has 2 atom stereocenters. The zero-order chi connectivity index (χ0) is 12.6. The highest BCUT2D eigenvalue weighted by Crippen LogP contribution is 2.31. The molecule has 1 fully saturated rings. The first kappa shape index (κ1) is 12.8. The smallest absolute Gasteiger partial charge is 0.159 e. The number of aliphatic hydroxyl groups excluding tert-OH is 1. The quantitative estimate of drug-likeness (QED) is 0.885. The molecule has 94 valence electrons. The molecule has 1 aliphatic rings. The van der Waals surface area contributed by atoms with Crippen LogP contribution in [0.5, 0.6) is 0 Å². The van der Waals surface area contributed by atoms with E-state index in [0.717, 1.165) is 23.9 Å². The second-order valence-electron chi connectivity index (χ2n) is 3.88. The maximum atomic E-state index is 12.9. The SMILES string of the molecule is O=S1(=O)CC(O)C(Sc2ccc(F)c(F)c2)C1. The first-order valence-electron chi connectivity index (χ1n) is 4.87. The summed E-state index contributed by atoms with van der Waals surface area (Å²) >= 11 is 1.05. The zero-order valence-corrected chi connectivity index (χ0v) is 10.3. The molecule has 0 radical (unpaired) electrons. The summed E-state index contributed by atoms with van der Waals surface area (Å²) in [6.45, 7) is 0. The van der Waals surface area contributed by atoms with Gasteiger partial charge in [-0.3, -0.25) is 0 Å². The molecule has 0 bridgehead atoms. The fraction of sp³-hybridized carbons (Fsp3) is 0.400. The molecule has 0 spiro atoms. The number of sulfone groups is 1. The third-order valence-corrected chi connectivity index (χ3v) is 5.69. The van der Waals surface area contributed by atoms with E-state index in [1.807, 2.05) is 0 Å². The van der Waals surface area contributed by atoms with Gasteiger partial charge < -0.3 is 5.11 Å². The van der Waals surface area contributed by atoms with Crippen molar-refractivity contribution in [3.05, 3.63) is 29.8 Å². The van der Waals surface area contributed by atoms with Gasteiger partial charge in [0.15, 0.2) is 21.5 Å². The van der Waals surface area contributed by atoms with Crippen molar-refractivity contribution >= 4 is 21.6 Å². The van der Waals surface area contributed by atoms with Gasteiger partial charge in [-0.1, -0.05) is 0 Å². The summed E-state index contributed by atoms with van der Waals surface area (Å²) in [5.74, 6) is -2.34. The zero-order valence-electron chi connectivity index (χ0n) is 8.64. The average Bonchev–Trinajstić information content (AvgIpc) is 2.46. The van der Waals surface area contributed by atoms with Crippen molar-refractivity contribution in [1.29, 1.82) is 0 Å². The van der Waals surface area contributed by atoms with Crippen LogP contribution in [0.1, 0.15) is 0 Å². The molecule has 17 heavy (non-hydrogen) atoms. The number of benzene rings is 1. The van der Waals surface area contributed by atoms with Gasteiger partial charge in [0.2, 0.25) is 0 Å². The van der Waals surface area contributed by atoms with E-state index in [1.165, 1.54) is 6.07 Å². The van der Waals surface area contributed by atoms with Crippen molar-refractivity contribution in [2.45, 2.75) is 16.2 Å². The van der Waals surface area contributed by atoms with Crippen LogP contribution in [0.25, 0.3) is 0 Å². The number of aliphatic hydroxyl groups is 1. The van der Waals surface area contributed by atoms with Crippen molar-refractivity contribution in [2.75, 3.05) is 11.5 Å². The highest BCUT2D eigenvalue weighted by molar-refractivity contribution is 8.02. The van der Waals surface area contributed by atoms with Crippen LogP contribution in [0.3, 0.4) is 0 Å². The monoisotopic (exact) mass is 280 g/mol. The minimum Gasteiger partial charge on any atom is -0.391 e. The largest absolute Gasteiger partial charge is 0.391 e. The van der Waals surface area contributed by atoms with Gasteiger partial charge in [-0.15, -0.1) is 11.8 Å². The molecule has 1 aromatic rings. The van der Waals surface area contributed by atoms with Gasteiger partial charge in [0.05, 0.1) is 22.9 Å². The van der Waals surface area contributed by atoms with Crippen LogP contribution in [-0.2, 0) is 9.84 Å². The highest BCUT2D eigenvalue weighted by atomic mass is 32.2. The second-order valence-corrected chi connectivity index (χ2v) is 7.34. The standard InChI is InChI=1S/C10H10F2O3S2/c11-7-2-1-6(3-8(7)12)16-10-5-17(14,15)4-9(10)13/h1-3,9-10,13H,4-5H2. The highest BCUT2D eigenvalue weighted by Gasteiger charge is 2.37. The summed E-state index contributed by atoms with van der Waals surface area (Å²) in [5, 5.41) is 9.02. The molecule has 0 aliphatic carbocycles. The first-order valence-corrected chi connectivity index (χ1v) is 7.58. The van der Waals surface area contributed by atoms with E-state index >= 15 is 0 Å². The third kappa shape index (κ3) is 2.97. The van der Waals surface area contributed by atoms with Gasteiger partial charge >= 0.3 is 0 Å². The van der Waals surface area contributed by atoms with Crippen molar-refractivity contribution in [1.82, 2.24) is 0 Å². The lowest BCUT2D eigenvalue weighted by atomic mass is 10.3. The molecule has 0 amide bonds. The number of thioether (sulfide) groups is 1. The Hall–Kier alpha value is -0.660. The van der Waals surface area contributed by atoms with Crippen LogP contribution >= 0.6 is 11.8 Å². The maximum Gasteiger partial charge on any atom is 0.159 e. The molecule has 1 heterocycles. The summed E-state index contributed by atoms with van der Waals surface area (Å²) in [5.41, 5.74) is 0. The Morgan fingerprint density at radius 1 is 1.24 bits per heavy atom. The lowest BCUT2D eigenvalue weighted by molar-refractivity contribution is 0.207. The lowest BCUT2D eigenvalue weighted by Gasteiger charge is -2.11. The minimum absolute atomic E-state index is 0.141. The molecule has 7 heteroatoms. The fourth-order valence-corrected chi connectivity index (χ4v) is 5.18. The molecule has 0 aromatic heterocycles. The number of halogens is 2. The van der Waals surface area contributed by atoms with E-state index in [2.05, 4.69) is 0 Å². The van der Waals surface area contributed by atoms with E-state index in [0.29, 0.717) is 4.90 Å². The van der Waals surface area contributed by atoms with Crippen molar-refractivity contribution < 1.29 is 22.3 Å². The Kier molecular flexibility index (Phi) is 3.42. The van der Waals surface area contributed by atoms with E-state index in [4.69, 9.17) is 0 Å². The van der Waals surface area contributed by atoms with Gasteiger partial charge in [0, 0.05) is 4.90 Å². The summed E-state index contributed by atoms with van der Waals surface area (Å²) in [6, 6.07) is 3.34. The molecular formula is C10H10F2O3S2. The Labute approximate surface area is 102 Å². The van der Waals surface area contributed by atoms with Crippen LogP contribution in [0.2, 0.25) is 0 Å². The van der Waals surface area contributed by atoms with E-state index in [1.54, 1.807) is 0 Å². The summed E-state index contributed by atoms with van der Waals surface area (Å²) in [6.07, 6.45) is -0.960. The molecule has 1 aromatic carbocycles. The molecule has 1 saturated heterocycles. The molecule has 2 unspecified atom stereocenters. The van der Waals surface area contributed by atoms with Gasteiger partial charge in [0.25, 0.3) is 0 Å². The predicted molar refractivity (Wildman–Crippen MR) is 60.7 cm³/mol. The Bertz CT molecular complexity index is 530. The van der Waals surface area contributed by atoms with Gasteiger partial charge in [-0.05, 0) is 18.2 Å². The molecule has 3 nitrogen and oxygen atoms in total. The van der Waals surface area contributed by atoms with Crippen LogP contribution in [0.15, 0.2) is 23.1 Å². The molecule has 1 aliphatic heterocycles. The Morgan fingerprint density at radius 3 is 2.47 bits per heavy atom. The molecule has 2 rings (SSSR count). The fourth-order valence-electron chi connectivity index (χ4n) is 1.63. The van der Waals surface area contributed by atoms with E-state index in [9.17, 15) is 22.3 Å². The molecule has 0 saturated carbocycles. The van der Waals surface area contributed by atoms with E-state index in [-0.39, 0.29) is 11.5 Å². The van der Waals surface area contributed by atoms with E-state index < -0.39 is 32.8 Å². The van der Waals surface area contributed by atoms with Crippen LogP contribution in [0, 0.1) is 11.6 Å². The van der Waals surface area contributed by atoms with Crippen molar-refractivity contribution in [2.24, 2.45) is 0 Å². The number of hydrogen-bond acceptors (Lipinski definition) is 4. The third-order valence-electron chi connectivity index (χ3n) is 2.45. The van der Waals surface area contributed by atoms with Crippen LogP contribution in [-0.4, -0.2) is 36.4 Å². The summed E-state index contributed by atoms with van der Waals surface area (Å²) < 4.78 is 48.1. The summed E-state index contributed by atoms with van der Waals surface area (Å²) in [7, 11) is -3.22. The number of rotatable bonds is 2. The van der Waals surface area contributed by atoms with Gasteiger partial charge in [-0.25, -0.2) is 17.2 Å². The maximum absolute atomic E-state index is 12.9.